The number of thiazole rings is 1. The zero-order chi connectivity index (χ0) is 17.9. The summed E-state index contributed by atoms with van der Waals surface area (Å²) in [4.78, 5) is 19.7. The number of anilines is 1. The van der Waals surface area contributed by atoms with E-state index in [1.807, 2.05) is 5.38 Å². The van der Waals surface area contributed by atoms with Gasteiger partial charge in [-0.2, -0.15) is 0 Å². The highest BCUT2D eigenvalue weighted by Crippen LogP contribution is 2.33. The van der Waals surface area contributed by atoms with Gasteiger partial charge in [-0.3, -0.25) is 4.79 Å². The second-order valence-corrected chi connectivity index (χ2v) is 8.61. The predicted octanol–water partition coefficient (Wildman–Crippen LogP) is 5.17. The number of amides is 1. The highest BCUT2D eigenvalue weighted by Gasteiger charge is 2.29. The van der Waals surface area contributed by atoms with E-state index >= 15 is 0 Å². The molecule has 1 aliphatic heterocycles. The number of piperidine rings is 1. The van der Waals surface area contributed by atoms with E-state index in [2.05, 4.69) is 15.2 Å². The van der Waals surface area contributed by atoms with Crippen molar-refractivity contribution in [3.05, 3.63) is 45.4 Å². The smallest absolute Gasteiger partial charge is 0.275 e. The lowest BCUT2D eigenvalue weighted by Gasteiger charge is -2.35. The number of benzene rings is 1. The summed E-state index contributed by atoms with van der Waals surface area (Å²) in [6.45, 7) is 2.34. The molecule has 0 atom stereocenters. The number of likely N-dealkylation sites (tertiary alicyclic amines) is 1. The number of halogens is 1. The van der Waals surface area contributed by atoms with Gasteiger partial charge in [-0.25, -0.2) is 4.98 Å². The Bertz CT molecular complexity index is 747. The summed E-state index contributed by atoms with van der Waals surface area (Å²) in [5, 5.41) is 6.53. The number of carbonyl (C=O) groups excluding carboxylic acids is 1. The molecule has 1 aromatic heterocycles. The summed E-state index contributed by atoms with van der Waals surface area (Å²) in [6, 6.07) is 7.94. The van der Waals surface area contributed by atoms with Crippen LogP contribution in [0.25, 0.3) is 0 Å². The Morgan fingerprint density at radius 3 is 2.50 bits per heavy atom. The molecule has 138 valence electrons. The van der Waals surface area contributed by atoms with E-state index in [1.165, 1.54) is 38.8 Å². The van der Waals surface area contributed by atoms with Crippen molar-refractivity contribution in [3.63, 3.8) is 0 Å². The number of rotatable bonds is 4. The van der Waals surface area contributed by atoms with E-state index in [0.717, 1.165) is 29.6 Å². The van der Waals surface area contributed by atoms with Gasteiger partial charge in [0.15, 0.2) is 0 Å². The predicted molar refractivity (Wildman–Crippen MR) is 107 cm³/mol. The maximum Gasteiger partial charge on any atom is 0.275 e. The van der Waals surface area contributed by atoms with Gasteiger partial charge in [-0.05, 0) is 63.0 Å². The quantitative estimate of drug-likeness (QED) is 0.784. The Labute approximate surface area is 163 Å². The van der Waals surface area contributed by atoms with E-state index in [4.69, 9.17) is 11.6 Å². The Kier molecular flexibility index (Phi) is 5.57. The molecule has 2 aromatic rings. The molecule has 2 fully saturated rings. The summed E-state index contributed by atoms with van der Waals surface area (Å²) in [7, 11) is 0. The standard InChI is InChI=1S/C20H24ClN3OS/c21-15-5-7-16(8-6-15)22-19(25)18-13-26-20(23-18)14-9-11-24(12-10-14)17-3-1-2-4-17/h5-8,13-14,17H,1-4,9-12H2,(H,22,25). The summed E-state index contributed by atoms with van der Waals surface area (Å²) < 4.78 is 0. The van der Waals surface area contributed by atoms with Gasteiger partial charge in [-0.1, -0.05) is 24.4 Å². The monoisotopic (exact) mass is 389 g/mol. The van der Waals surface area contributed by atoms with Crippen LogP contribution in [0.3, 0.4) is 0 Å². The van der Waals surface area contributed by atoms with Crippen LogP contribution in [-0.2, 0) is 0 Å². The van der Waals surface area contributed by atoms with Crippen LogP contribution in [0.1, 0.15) is 59.9 Å². The number of hydrogen-bond acceptors (Lipinski definition) is 4. The van der Waals surface area contributed by atoms with Crippen molar-refractivity contribution in [1.29, 1.82) is 0 Å². The first-order valence-electron chi connectivity index (χ1n) is 9.45. The molecule has 0 bridgehead atoms. The number of nitrogens with one attached hydrogen (secondary N) is 1. The first kappa shape index (κ1) is 18.0. The minimum atomic E-state index is -0.154. The molecule has 1 aliphatic carbocycles. The molecule has 1 aromatic carbocycles. The molecular weight excluding hydrogens is 366 g/mol. The lowest BCUT2D eigenvalue weighted by Crippen LogP contribution is -2.39. The lowest BCUT2D eigenvalue weighted by atomic mass is 9.96. The van der Waals surface area contributed by atoms with Crippen molar-refractivity contribution in [1.82, 2.24) is 9.88 Å². The van der Waals surface area contributed by atoms with Gasteiger partial charge in [0, 0.05) is 28.0 Å². The maximum atomic E-state index is 12.4. The zero-order valence-corrected chi connectivity index (χ0v) is 16.4. The van der Waals surface area contributed by atoms with Gasteiger partial charge in [0.25, 0.3) is 5.91 Å². The van der Waals surface area contributed by atoms with Gasteiger partial charge < -0.3 is 10.2 Å². The number of carbonyl (C=O) groups is 1. The van der Waals surface area contributed by atoms with Gasteiger partial charge >= 0.3 is 0 Å². The Morgan fingerprint density at radius 2 is 1.81 bits per heavy atom. The summed E-state index contributed by atoms with van der Waals surface area (Å²) >= 11 is 7.50. The Balaban J connectivity index is 1.34. The van der Waals surface area contributed by atoms with E-state index in [-0.39, 0.29) is 5.91 Å². The fraction of sp³-hybridized carbons (Fsp3) is 0.500. The van der Waals surface area contributed by atoms with Crippen LogP contribution in [0, 0.1) is 0 Å². The number of hydrogen-bond donors (Lipinski definition) is 1. The fourth-order valence-corrected chi connectivity index (χ4v) is 5.19. The van der Waals surface area contributed by atoms with Crippen LogP contribution in [0.2, 0.25) is 5.02 Å². The number of nitrogens with zero attached hydrogens (tertiary/aromatic N) is 2. The third-order valence-corrected chi connectivity index (χ3v) is 6.84. The van der Waals surface area contributed by atoms with Crippen LogP contribution >= 0.6 is 22.9 Å². The molecule has 2 heterocycles. The fourth-order valence-electron chi connectivity index (χ4n) is 4.09. The zero-order valence-electron chi connectivity index (χ0n) is 14.8. The first-order valence-corrected chi connectivity index (χ1v) is 10.7. The number of aromatic nitrogens is 1. The molecule has 1 N–H and O–H groups in total. The van der Waals surface area contributed by atoms with Gasteiger partial charge in [0.2, 0.25) is 0 Å². The molecule has 26 heavy (non-hydrogen) atoms. The molecule has 1 amide bonds. The average molecular weight is 390 g/mol. The maximum absolute atomic E-state index is 12.4. The molecule has 1 saturated carbocycles. The average Bonchev–Trinajstić information content (AvgIpc) is 3.36. The van der Waals surface area contributed by atoms with Crippen molar-refractivity contribution in [2.45, 2.75) is 50.5 Å². The lowest BCUT2D eigenvalue weighted by molar-refractivity contribution is 0.102. The van der Waals surface area contributed by atoms with Crippen molar-refractivity contribution >= 4 is 34.5 Å². The van der Waals surface area contributed by atoms with E-state index < -0.39 is 0 Å². The molecule has 0 unspecified atom stereocenters. The second-order valence-electron chi connectivity index (χ2n) is 7.28. The molecule has 0 radical (unpaired) electrons. The van der Waals surface area contributed by atoms with Crippen molar-refractivity contribution in [2.24, 2.45) is 0 Å². The molecule has 1 saturated heterocycles. The van der Waals surface area contributed by atoms with Crippen LogP contribution < -0.4 is 5.32 Å². The molecule has 6 heteroatoms. The third kappa shape index (κ3) is 4.11. The minimum Gasteiger partial charge on any atom is -0.321 e. The van der Waals surface area contributed by atoms with Gasteiger partial charge in [0.1, 0.15) is 5.69 Å². The second kappa shape index (κ2) is 8.07. The Hall–Kier alpha value is -1.43. The minimum absolute atomic E-state index is 0.154. The van der Waals surface area contributed by atoms with E-state index in [0.29, 0.717) is 16.6 Å². The van der Waals surface area contributed by atoms with Crippen LogP contribution in [-0.4, -0.2) is 34.9 Å². The molecule has 2 aliphatic rings. The molecule has 4 rings (SSSR count). The van der Waals surface area contributed by atoms with Gasteiger partial charge in [-0.15, -0.1) is 11.3 Å². The summed E-state index contributed by atoms with van der Waals surface area (Å²) in [5.41, 5.74) is 1.25. The van der Waals surface area contributed by atoms with Crippen LogP contribution in [0.5, 0.6) is 0 Å². The third-order valence-electron chi connectivity index (χ3n) is 5.58. The van der Waals surface area contributed by atoms with Crippen LogP contribution in [0.4, 0.5) is 5.69 Å². The highest BCUT2D eigenvalue weighted by atomic mass is 35.5. The Morgan fingerprint density at radius 1 is 1.12 bits per heavy atom. The normalized spacial score (nSPS) is 19.7. The SMILES string of the molecule is O=C(Nc1ccc(Cl)cc1)c1csc(C2CCN(C3CCCC3)CC2)n1. The molecule has 4 nitrogen and oxygen atoms in total. The van der Waals surface area contributed by atoms with Gasteiger partial charge in [0.05, 0.1) is 5.01 Å². The molecule has 0 spiro atoms. The van der Waals surface area contributed by atoms with E-state index in [9.17, 15) is 4.79 Å². The highest BCUT2D eigenvalue weighted by molar-refractivity contribution is 7.10. The summed E-state index contributed by atoms with van der Waals surface area (Å²) in [6.07, 6.45) is 7.84. The topological polar surface area (TPSA) is 45.2 Å². The van der Waals surface area contributed by atoms with Crippen molar-refractivity contribution in [2.75, 3.05) is 18.4 Å². The van der Waals surface area contributed by atoms with Crippen molar-refractivity contribution in [3.8, 4) is 0 Å². The van der Waals surface area contributed by atoms with Crippen molar-refractivity contribution < 1.29 is 4.79 Å². The summed E-state index contributed by atoms with van der Waals surface area (Å²) in [5.74, 6) is 0.341. The van der Waals surface area contributed by atoms with Crippen LogP contribution in [0.15, 0.2) is 29.6 Å². The largest absolute Gasteiger partial charge is 0.321 e. The van der Waals surface area contributed by atoms with E-state index in [1.54, 1.807) is 35.6 Å². The molecular formula is C20H24ClN3OS. The first-order chi connectivity index (χ1) is 12.7.